The minimum absolute atomic E-state index is 0.144. The Morgan fingerprint density at radius 1 is 1.56 bits per heavy atom. The molecule has 94 valence electrons. The van der Waals surface area contributed by atoms with Gasteiger partial charge in [0.15, 0.2) is 5.17 Å². The van der Waals surface area contributed by atoms with E-state index < -0.39 is 10.8 Å². The van der Waals surface area contributed by atoms with Crippen molar-refractivity contribution in [3.8, 4) is 0 Å². The van der Waals surface area contributed by atoms with Crippen LogP contribution in [0.25, 0.3) is 0 Å². The zero-order chi connectivity index (χ0) is 12.2. The lowest BCUT2D eigenvalue weighted by Crippen LogP contribution is -2.42. The summed E-state index contributed by atoms with van der Waals surface area (Å²) in [5, 5.41) is 4.55. The summed E-state index contributed by atoms with van der Waals surface area (Å²) in [5.74, 6) is 1.75. The van der Waals surface area contributed by atoms with Crippen LogP contribution in [0.1, 0.15) is 33.6 Å². The van der Waals surface area contributed by atoms with Gasteiger partial charge in [-0.3, -0.25) is 9.20 Å². The molecule has 5 heteroatoms. The van der Waals surface area contributed by atoms with Crippen LogP contribution in [0.15, 0.2) is 4.99 Å². The summed E-state index contributed by atoms with van der Waals surface area (Å²) in [6, 6.07) is 0.144. The molecule has 0 amide bonds. The molecular weight excluding hydrogens is 240 g/mol. The van der Waals surface area contributed by atoms with Crippen LogP contribution in [0.2, 0.25) is 0 Å². The van der Waals surface area contributed by atoms with Crippen molar-refractivity contribution in [2.75, 3.05) is 17.8 Å². The van der Waals surface area contributed by atoms with Crippen molar-refractivity contribution in [3.05, 3.63) is 0 Å². The predicted molar refractivity (Wildman–Crippen MR) is 74.7 cm³/mol. The maximum Gasteiger partial charge on any atom is 0.157 e. The summed E-state index contributed by atoms with van der Waals surface area (Å²) in [4.78, 5) is 4.58. The van der Waals surface area contributed by atoms with Crippen LogP contribution in [0.3, 0.4) is 0 Å². The van der Waals surface area contributed by atoms with Gasteiger partial charge in [-0.2, -0.15) is 0 Å². The Labute approximate surface area is 105 Å². The molecule has 16 heavy (non-hydrogen) atoms. The summed E-state index contributed by atoms with van der Waals surface area (Å²) in [6.07, 6.45) is 3.99. The summed E-state index contributed by atoms with van der Waals surface area (Å²) in [5.41, 5.74) is 0.231. The van der Waals surface area contributed by atoms with Crippen molar-refractivity contribution in [3.63, 3.8) is 0 Å². The zero-order valence-electron chi connectivity index (χ0n) is 10.6. The minimum atomic E-state index is -0.763. The first-order valence-corrected chi connectivity index (χ1v) is 8.51. The van der Waals surface area contributed by atoms with Gasteiger partial charge in [0.25, 0.3) is 0 Å². The first-order chi connectivity index (χ1) is 7.51. The monoisotopic (exact) mass is 262 g/mol. The highest BCUT2D eigenvalue weighted by Gasteiger charge is 2.33. The lowest BCUT2D eigenvalue weighted by molar-refractivity contribution is 0.407. The van der Waals surface area contributed by atoms with E-state index in [1.807, 2.05) is 6.92 Å². The number of nitrogens with zero attached hydrogens (tertiary/aromatic N) is 1. The predicted octanol–water partition coefficient (Wildman–Crippen LogP) is 2.00. The lowest BCUT2D eigenvalue weighted by atomic mass is 9.96. The fourth-order valence-corrected chi connectivity index (χ4v) is 3.97. The van der Waals surface area contributed by atoms with E-state index in [0.717, 1.165) is 23.8 Å². The smallest absolute Gasteiger partial charge is 0.157 e. The van der Waals surface area contributed by atoms with Crippen LogP contribution in [0.4, 0.5) is 0 Å². The Morgan fingerprint density at radius 2 is 2.19 bits per heavy atom. The molecule has 0 saturated carbocycles. The highest BCUT2D eigenvalue weighted by atomic mass is 32.2. The molecule has 0 aromatic heterocycles. The first-order valence-electron chi connectivity index (χ1n) is 5.80. The highest BCUT2D eigenvalue weighted by Crippen LogP contribution is 2.29. The Hall–Kier alpha value is -0.0300. The molecule has 1 aliphatic rings. The second kappa shape index (κ2) is 6.05. The van der Waals surface area contributed by atoms with Gasteiger partial charge in [-0.15, -0.1) is 0 Å². The number of hydrogen-bond donors (Lipinski definition) is 1. The van der Waals surface area contributed by atoms with Crippen molar-refractivity contribution >= 4 is 27.7 Å². The first kappa shape index (κ1) is 14.0. The van der Waals surface area contributed by atoms with Crippen molar-refractivity contribution in [2.45, 2.75) is 45.2 Å². The van der Waals surface area contributed by atoms with Crippen molar-refractivity contribution in [1.29, 1.82) is 0 Å². The van der Waals surface area contributed by atoms with Gasteiger partial charge < -0.3 is 5.32 Å². The average Bonchev–Trinajstić information content (AvgIpc) is 2.61. The second-order valence-corrected chi connectivity index (χ2v) is 6.87. The quantitative estimate of drug-likeness (QED) is 0.824. The highest BCUT2D eigenvalue weighted by molar-refractivity contribution is 8.14. The molecule has 1 fully saturated rings. The van der Waals surface area contributed by atoms with Crippen LogP contribution >= 0.6 is 11.8 Å². The van der Waals surface area contributed by atoms with Gasteiger partial charge in [-0.1, -0.05) is 25.6 Å². The van der Waals surface area contributed by atoms with E-state index in [1.54, 1.807) is 18.0 Å². The SMILES string of the molecule is CCC1(CC)CSC(=NC(C)CS(C)=O)N1. The van der Waals surface area contributed by atoms with Gasteiger partial charge in [0.05, 0.1) is 6.04 Å². The third-order valence-electron chi connectivity index (χ3n) is 3.02. The number of amidine groups is 1. The molecule has 1 heterocycles. The van der Waals surface area contributed by atoms with E-state index >= 15 is 0 Å². The standard InChI is InChI=1S/C11H22N2OS2/c1-5-11(6-2)8-15-10(13-11)12-9(3)7-16(4)14/h9H,5-8H2,1-4H3,(H,12,13). The molecule has 3 nitrogen and oxygen atoms in total. The van der Waals surface area contributed by atoms with E-state index in [4.69, 9.17) is 0 Å². The van der Waals surface area contributed by atoms with E-state index in [9.17, 15) is 4.21 Å². The van der Waals surface area contributed by atoms with Gasteiger partial charge in [0.2, 0.25) is 0 Å². The fourth-order valence-electron chi connectivity index (χ4n) is 1.78. The summed E-state index contributed by atoms with van der Waals surface area (Å²) in [7, 11) is -0.763. The molecule has 2 atom stereocenters. The Kier molecular flexibility index (Phi) is 5.31. The molecule has 0 aromatic carbocycles. The summed E-state index contributed by atoms with van der Waals surface area (Å²) in [6.45, 7) is 6.45. The second-order valence-electron chi connectivity index (χ2n) is 4.42. The van der Waals surface area contributed by atoms with E-state index in [2.05, 4.69) is 24.2 Å². The maximum absolute atomic E-state index is 11.1. The van der Waals surface area contributed by atoms with Gasteiger partial charge in [0.1, 0.15) is 0 Å². The normalized spacial score (nSPS) is 25.4. The number of nitrogens with one attached hydrogen (secondary N) is 1. The molecule has 2 unspecified atom stereocenters. The van der Waals surface area contributed by atoms with Crippen LogP contribution in [0.5, 0.6) is 0 Å². The van der Waals surface area contributed by atoms with Gasteiger partial charge in [-0.25, -0.2) is 0 Å². The number of rotatable bonds is 5. The minimum Gasteiger partial charge on any atom is -0.359 e. The fraction of sp³-hybridized carbons (Fsp3) is 0.909. The molecular formula is C11H22N2OS2. The Bertz CT molecular complexity index is 288. The molecule has 1 aliphatic heterocycles. The van der Waals surface area contributed by atoms with E-state index in [0.29, 0.717) is 5.75 Å². The van der Waals surface area contributed by atoms with Crippen molar-refractivity contribution < 1.29 is 4.21 Å². The van der Waals surface area contributed by atoms with E-state index in [1.165, 1.54) is 0 Å². The van der Waals surface area contributed by atoms with E-state index in [-0.39, 0.29) is 11.6 Å². The van der Waals surface area contributed by atoms with Crippen LogP contribution in [-0.4, -0.2) is 38.7 Å². The molecule has 0 spiro atoms. The van der Waals surface area contributed by atoms with Crippen molar-refractivity contribution in [2.24, 2.45) is 4.99 Å². The number of hydrogen-bond acceptors (Lipinski definition) is 3. The maximum atomic E-state index is 11.1. The topological polar surface area (TPSA) is 41.5 Å². The molecule has 0 aromatic rings. The van der Waals surface area contributed by atoms with Gasteiger partial charge >= 0.3 is 0 Å². The molecule has 0 aliphatic carbocycles. The Balaban J connectivity index is 2.58. The Morgan fingerprint density at radius 3 is 2.62 bits per heavy atom. The third-order valence-corrected chi connectivity index (χ3v) is 5.15. The molecule has 0 radical (unpaired) electrons. The lowest BCUT2D eigenvalue weighted by Gasteiger charge is -2.25. The average molecular weight is 262 g/mol. The van der Waals surface area contributed by atoms with Crippen molar-refractivity contribution in [1.82, 2.24) is 5.32 Å². The van der Waals surface area contributed by atoms with Gasteiger partial charge in [-0.05, 0) is 19.8 Å². The van der Waals surface area contributed by atoms with Crippen LogP contribution in [-0.2, 0) is 10.8 Å². The molecule has 0 bridgehead atoms. The number of thioether (sulfide) groups is 1. The zero-order valence-corrected chi connectivity index (χ0v) is 12.2. The molecule has 1 saturated heterocycles. The van der Waals surface area contributed by atoms with Gasteiger partial charge in [0, 0.05) is 34.1 Å². The van der Waals surface area contributed by atoms with Crippen LogP contribution < -0.4 is 5.32 Å². The summed E-state index contributed by atoms with van der Waals surface area (Å²) < 4.78 is 11.1. The third kappa shape index (κ3) is 3.77. The molecule has 1 N–H and O–H groups in total. The summed E-state index contributed by atoms with van der Waals surface area (Å²) >= 11 is 1.79. The van der Waals surface area contributed by atoms with Crippen LogP contribution in [0, 0.1) is 0 Å². The number of aliphatic imine (C=N–C) groups is 1. The largest absolute Gasteiger partial charge is 0.359 e. The molecule has 1 rings (SSSR count).